The number of nitrogens with two attached hydrogens (primary N) is 1. The van der Waals surface area contributed by atoms with Crippen molar-refractivity contribution in [2.45, 2.75) is 6.18 Å². The van der Waals surface area contributed by atoms with E-state index in [0.29, 0.717) is 11.6 Å². The standard InChI is InChI=1S/C15H11F3N4O/c16-15(17,18)10-5-6-20-14(7-10)23-12-3-1-11(2-4-12)22-8-13(19)21-9-22/h1-9H,19H2. The van der Waals surface area contributed by atoms with E-state index in [2.05, 4.69) is 9.97 Å². The van der Waals surface area contributed by atoms with Crippen molar-refractivity contribution >= 4 is 5.82 Å². The molecular weight excluding hydrogens is 309 g/mol. The van der Waals surface area contributed by atoms with Gasteiger partial charge in [0.15, 0.2) is 0 Å². The minimum atomic E-state index is -4.44. The number of ether oxygens (including phenoxy) is 1. The molecular formula is C15H11F3N4O. The fraction of sp³-hybridized carbons (Fsp3) is 0.0667. The molecule has 23 heavy (non-hydrogen) atoms. The first-order chi connectivity index (χ1) is 10.9. The normalized spacial score (nSPS) is 11.4. The molecule has 0 atom stereocenters. The van der Waals surface area contributed by atoms with Gasteiger partial charge in [-0.05, 0) is 30.3 Å². The number of halogens is 3. The molecule has 2 aromatic heterocycles. The zero-order valence-corrected chi connectivity index (χ0v) is 11.7. The van der Waals surface area contributed by atoms with Crippen LogP contribution in [0.15, 0.2) is 55.1 Å². The Balaban J connectivity index is 1.79. The van der Waals surface area contributed by atoms with Crippen molar-refractivity contribution in [1.29, 1.82) is 0 Å². The highest BCUT2D eigenvalue weighted by molar-refractivity contribution is 5.41. The third kappa shape index (κ3) is 3.42. The fourth-order valence-corrected chi connectivity index (χ4v) is 1.93. The van der Waals surface area contributed by atoms with E-state index in [0.717, 1.165) is 24.0 Å². The SMILES string of the molecule is Nc1cn(-c2ccc(Oc3cc(C(F)(F)F)ccn3)cc2)cn1. The molecule has 0 radical (unpaired) electrons. The predicted molar refractivity (Wildman–Crippen MR) is 77.3 cm³/mol. The van der Waals surface area contributed by atoms with Gasteiger partial charge in [0.2, 0.25) is 5.88 Å². The summed E-state index contributed by atoms with van der Waals surface area (Å²) in [6.07, 6.45) is -0.184. The second kappa shape index (κ2) is 5.64. The average Bonchev–Trinajstić information content (AvgIpc) is 2.94. The molecule has 0 saturated carbocycles. The van der Waals surface area contributed by atoms with Crippen LogP contribution in [0, 0.1) is 0 Å². The Morgan fingerprint density at radius 1 is 1.04 bits per heavy atom. The van der Waals surface area contributed by atoms with Gasteiger partial charge >= 0.3 is 6.18 Å². The first-order valence-electron chi connectivity index (χ1n) is 6.53. The van der Waals surface area contributed by atoms with Crippen LogP contribution in [0.25, 0.3) is 5.69 Å². The van der Waals surface area contributed by atoms with Crippen LogP contribution in [0.2, 0.25) is 0 Å². The third-order valence-corrected chi connectivity index (χ3v) is 3.02. The highest BCUT2D eigenvalue weighted by atomic mass is 19.4. The zero-order chi connectivity index (χ0) is 16.4. The van der Waals surface area contributed by atoms with Gasteiger partial charge in [0.25, 0.3) is 0 Å². The molecule has 0 spiro atoms. The quantitative estimate of drug-likeness (QED) is 0.800. The topological polar surface area (TPSA) is 66.0 Å². The van der Waals surface area contributed by atoms with Gasteiger partial charge in [-0.1, -0.05) is 0 Å². The number of benzene rings is 1. The summed E-state index contributed by atoms with van der Waals surface area (Å²) in [4.78, 5) is 7.69. The molecule has 0 amide bonds. The number of pyridine rings is 1. The van der Waals surface area contributed by atoms with E-state index in [1.165, 1.54) is 0 Å². The van der Waals surface area contributed by atoms with Crippen LogP contribution in [0.4, 0.5) is 19.0 Å². The Morgan fingerprint density at radius 2 is 1.78 bits per heavy atom. The molecule has 0 saturated heterocycles. The maximum absolute atomic E-state index is 12.6. The number of alkyl halides is 3. The molecule has 0 unspecified atom stereocenters. The minimum absolute atomic E-state index is 0.126. The molecule has 0 aliphatic heterocycles. The Hall–Kier alpha value is -3.03. The van der Waals surface area contributed by atoms with Gasteiger partial charge < -0.3 is 15.0 Å². The lowest BCUT2D eigenvalue weighted by Crippen LogP contribution is -2.05. The maximum atomic E-state index is 12.6. The summed E-state index contributed by atoms with van der Waals surface area (Å²) >= 11 is 0. The average molecular weight is 320 g/mol. The summed E-state index contributed by atoms with van der Waals surface area (Å²) in [6.45, 7) is 0. The van der Waals surface area contributed by atoms with Crippen LogP contribution < -0.4 is 10.5 Å². The Kier molecular flexibility index (Phi) is 3.65. The van der Waals surface area contributed by atoms with Gasteiger partial charge in [-0.25, -0.2) is 9.97 Å². The lowest BCUT2D eigenvalue weighted by molar-refractivity contribution is -0.137. The molecule has 2 heterocycles. The summed E-state index contributed by atoms with van der Waals surface area (Å²) in [7, 11) is 0. The second-order valence-electron chi connectivity index (χ2n) is 4.68. The summed E-state index contributed by atoms with van der Waals surface area (Å²) in [5.41, 5.74) is 5.52. The van der Waals surface area contributed by atoms with E-state index in [9.17, 15) is 13.2 Å². The largest absolute Gasteiger partial charge is 0.439 e. The number of imidazole rings is 1. The molecule has 118 valence electrons. The first kappa shape index (κ1) is 14.9. The molecule has 5 nitrogen and oxygen atoms in total. The number of anilines is 1. The van der Waals surface area contributed by atoms with Crippen molar-refractivity contribution in [2.75, 3.05) is 5.73 Å². The van der Waals surface area contributed by atoms with Crippen molar-refractivity contribution in [3.8, 4) is 17.3 Å². The molecule has 1 aromatic carbocycles. The van der Waals surface area contributed by atoms with Crippen molar-refractivity contribution in [3.63, 3.8) is 0 Å². The molecule has 3 rings (SSSR count). The highest BCUT2D eigenvalue weighted by Gasteiger charge is 2.31. The van der Waals surface area contributed by atoms with Gasteiger partial charge in [-0.3, -0.25) is 0 Å². The van der Waals surface area contributed by atoms with Crippen molar-refractivity contribution in [3.05, 3.63) is 60.7 Å². The number of rotatable bonds is 3. The number of nitrogens with zero attached hydrogens (tertiary/aromatic N) is 3. The van der Waals surface area contributed by atoms with E-state index in [1.54, 1.807) is 41.4 Å². The summed E-state index contributed by atoms with van der Waals surface area (Å²) in [5, 5.41) is 0. The highest BCUT2D eigenvalue weighted by Crippen LogP contribution is 2.31. The first-order valence-corrected chi connectivity index (χ1v) is 6.53. The van der Waals surface area contributed by atoms with Crippen molar-refractivity contribution in [2.24, 2.45) is 0 Å². The van der Waals surface area contributed by atoms with Crippen LogP contribution in [-0.2, 0) is 6.18 Å². The zero-order valence-electron chi connectivity index (χ0n) is 11.7. The molecule has 0 aliphatic rings. The van der Waals surface area contributed by atoms with Gasteiger partial charge in [0.05, 0.1) is 11.8 Å². The minimum Gasteiger partial charge on any atom is -0.439 e. The summed E-state index contributed by atoms with van der Waals surface area (Å²) in [5.74, 6) is 0.631. The lowest BCUT2D eigenvalue weighted by atomic mass is 10.2. The molecule has 2 N–H and O–H groups in total. The summed E-state index contributed by atoms with van der Waals surface area (Å²) in [6, 6.07) is 8.43. The Morgan fingerprint density at radius 3 is 2.39 bits per heavy atom. The smallest absolute Gasteiger partial charge is 0.416 e. The van der Waals surface area contributed by atoms with E-state index in [1.807, 2.05) is 0 Å². The molecule has 0 bridgehead atoms. The molecule has 0 aliphatic carbocycles. The van der Waals surface area contributed by atoms with Crippen LogP contribution in [0.5, 0.6) is 11.6 Å². The van der Waals surface area contributed by atoms with E-state index < -0.39 is 11.7 Å². The second-order valence-corrected chi connectivity index (χ2v) is 4.68. The lowest BCUT2D eigenvalue weighted by Gasteiger charge is -2.09. The van der Waals surface area contributed by atoms with E-state index in [-0.39, 0.29) is 5.88 Å². The fourth-order valence-electron chi connectivity index (χ4n) is 1.93. The Bertz CT molecular complexity index is 812. The van der Waals surface area contributed by atoms with Gasteiger partial charge in [0.1, 0.15) is 17.9 Å². The maximum Gasteiger partial charge on any atom is 0.416 e. The van der Waals surface area contributed by atoms with Crippen molar-refractivity contribution in [1.82, 2.24) is 14.5 Å². The monoisotopic (exact) mass is 320 g/mol. The van der Waals surface area contributed by atoms with Gasteiger partial charge in [-0.2, -0.15) is 13.2 Å². The molecule has 8 heteroatoms. The van der Waals surface area contributed by atoms with Gasteiger partial charge in [0, 0.05) is 18.0 Å². The number of hydrogen-bond acceptors (Lipinski definition) is 4. The number of aromatic nitrogens is 3. The predicted octanol–water partition coefficient (Wildman–Crippen LogP) is 3.66. The Labute approximate surface area is 129 Å². The van der Waals surface area contributed by atoms with E-state index >= 15 is 0 Å². The van der Waals surface area contributed by atoms with Crippen LogP contribution >= 0.6 is 0 Å². The van der Waals surface area contributed by atoms with Crippen LogP contribution in [0.3, 0.4) is 0 Å². The number of nitrogen functional groups attached to an aromatic ring is 1. The molecule has 3 aromatic rings. The molecule has 0 fully saturated rings. The van der Waals surface area contributed by atoms with Crippen molar-refractivity contribution < 1.29 is 17.9 Å². The van der Waals surface area contributed by atoms with E-state index in [4.69, 9.17) is 10.5 Å². The third-order valence-electron chi connectivity index (χ3n) is 3.02. The van der Waals surface area contributed by atoms with Crippen LogP contribution in [-0.4, -0.2) is 14.5 Å². The summed E-state index contributed by atoms with van der Waals surface area (Å²) < 4.78 is 45.0. The number of hydrogen-bond donors (Lipinski definition) is 1. The van der Waals surface area contributed by atoms with Gasteiger partial charge in [-0.15, -0.1) is 0 Å². The van der Waals surface area contributed by atoms with Crippen LogP contribution in [0.1, 0.15) is 5.56 Å².